The van der Waals surface area contributed by atoms with Gasteiger partial charge in [0.2, 0.25) is 0 Å². The molecule has 3 nitrogen and oxygen atoms in total. The monoisotopic (exact) mass is 262 g/mol. The average molecular weight is 262 g/mol. The van der Waals surface area contributed by atoms with Crippen molar-refractivity contribution in [2.45, 2.75) is 38.2 Å². The molecular formula is C15H15FO3. The Bertz CT molecular complexity index is 548. The smallest absolute Gasteiger partial charge is 0.335 e. The Morgan fingerprint density at radius 1 is 1.42 bits per heavy atom. The summed E-state index contributed by atoms with van der Waals surface area (Å²) >= 11 is 0. The average Bonchev–Trinajstić information content (AvgIpc) is 2.81. The molecule has 1 aromatic rings. The maximum atomic E-state index is 13.7. The summed E-state index contributed by atoms with van der Waals surface area (Å²) in [5, 5.41) is 8.92. The Balaban J connectivity index is 2.32. The molecule has 0 amide bonds. The predicted molar refractivity (Wildman–Crippen MR) is 68.6 cm³/mol. The molecule has 4 heteroatoms. The van der Waals surface area contributed by atoms with E-state index in [1.807, 2.05) is 0 Å². The molecule has 0 aliphatic heterocycles. The summed E-state index contributed by atoms with van der Waals surface area (Å²) in [6, 6.07) is 3.55. The fourth-order valence-corrected chi connectivity index (χ4v) is 2.35. The fraction of sp³-hybridized carbons (Fsp3) is 0.400. The van der Waals surface area contributed by atoms with Gasteiger partial charge in [0, 0.05) is 0 Å². The number of hydrogen-bond acceptors (Lipinski definition) is 2. The van der Waals surface area contributed by atoms with E-state index >= 15 is 0 Å². The van der Waals surface area contributed by atoms with Crippen molar-refractivity contribution in [3.8, 4) is 17.6 Å². The van der Waals surface area contributed by atoms with Crippen molar-refractivity contribution >= 4 is 5.97 Å². The zero-order valence-electron chi connectivity index (χ0n) is 10.7. The van der Waals surface area contributed by atoms with Crippen molar-refractivity contribution in [2.24, 2.45) is 0 Å². The van der Waals surface area contributed by atoms with E-state index in [0.29, 0.717) is 0 Å². The first-order valence-corrected chi connectivity index (χ1v) is 6.22. The largest absolute Gasteiger partial charge is 0.478 e. The molecule has 2 rings (SSSR count). The van der Waals surface area contributed by atoms with Gasteiger partial charge in [-0.15, -0.1) is 5.92 Å². The number of rotatable bonds is 3. The number of halogens is 1. The topological polar surface area (TPSA) is 46.5 Å². The van der Waals surface area contributed by atoms with Gasteiger partial charge in [-0.2, -0.15) is 0 Å². The fourth-order valence-electron chi connectivity index (χ4n) is 2.35. The normalized spacial score (nSPS) is 16.5. The van der Waals surface area contributed by atoms with E-state index in [2.05, 4.69) is 11.8 Å². The van der Waals surface area contributed by atoms with Crippen LogP contribution in [0.5, 0.6) is 5.75 Å². The van der Waals surface area contributed by atoms with Gasteiger partial charge in [0.05, 0.1) is 5.56 Å². The molecule has 0 saturated heterocycles. The zero-order chi connectivity index (χ0) is 13.9. The minimum Gasteiger partial charge on any atom is -0.478 e. The third-order valence-corrected chi connectivity index (χ3v) is 3.25. The summed E-state index contributed by atoms with van der Waals surface area (Å²) < 4.78 is 19.4. The van der Waals surface area contributed by atoms with Gasteiger partial charge in [0.1, 0.15) is 0 Å². The van der Waals surface area contributed by atoms with Gasteiger partial charge < -0.3 is 9.84 Å². The highest BCUT2D eigenvalue weighted by molar-refractivity contribution is 5.88. The Labute approximate surface area is 111 Å². The van der Waals surface area contributed by atoms with E-state index in [-0.39, 0.29) is 11.3 Å². The zero-order valence-corrected chi connectivity index (χ0v) is 10.7. The Kier molecular flexibility index (Phi) is 3.75. The highest BCUT2D eigenvalue weighted by atomic mass is 19.1. The van der Waals surface area contributed by atoms with Gasteiger partial charge in [0.15, 0.2) is 17.2 Å². The number of aromatic carboxylic acids is 1. The summed E-state index contributed by atoms with van der Waals surface area (Å²) in [5.41, 5.74) is -0.666. The lowest BCUT2D eigenvalue weighted by Gasteiger charge is -2.25. The lowest BCUT2D eigenvalue weighted by Crippen LogP contribution is -2.31. The minimum absolute atomic E-state index is 0.00834. The molecule has 1 saturated carbocycles. The predicted octanol–water partition coefficient (Wildman–Crippen LogP) is 3.24. The second kappa shape index (κ2) is 5.31. The van der Waals surface area contributed by atoms with Crippen molar-refractivity contribution < 1.29 is 19.0 Å². The number of benzene rings is 1. The van der Waals surface area contributed by atoms with Gasteiger partial charge in [-0.1, -0.05) is 5.92 Å². The third-order valence-electron chi connectivity index (χ3n) is 3.25. The van der Waals surface area contributed by atoms with Crippen LogP contribution in [0.2, 0.25) is 0 Å². The first-order chi connectivity index (χ1) is 9.06. The van der Waals surface area contributed by atoms with E-state index in [9.17, 15) is 9.18 Å². The number of carboxylic acids is 1. The van der Waals surface area contributed by atoms with Gasteiger partial charge in [-0.3, -0.25) is 0 Å². The molecule has 1 aromatic carbocycles. The van der Waals surface area contributed by atoms with Crippen LogP contribution in [-0.4, -0.2) is 16.7 Å². The maximum Gasteiger partial charge on any atom is 0.335 e. The summed E-state index contributed by atoms with van der Waals surface area (Å²) in [5.74, 6) is 4.11. The SMILES string of the molecule is CC#CC1(Oc2cc(C(=O)O)ccc2F)CCCC1. The van der Waals surface area contributed by atoms with Crippen molar-refractivity contribution in [3.63, 3.8) is 0 Å². The van der Waals surface area contributed by atoms with Crippen LogP contribution in [0, 0.1) is 17.7 Å². The number of hydrogen-bond donors (Lipinski definition) is 1. The first-order valence-electron chi connectivity index (χ1n) is 6.22. The van der Waals surface area contributed by atoms with Gasteiger partial charge >= 0.3 is 5.97 Å². The Morgan fingerprint density at radius 2 is 2.11 bits per heavy atom. The molecule has 0 unspecified atom stereocenters. The Hall–Kier alpha value is -2.02. The highest BCUT2D eigenvalue weighted by Crippen LogP contribution is 2.35. The van der Waals surface area contributed by atoms with E-state index in [4.69, 9.17) is 9.84 Å². The number of carboxylic acid groups (broad SMARTS) is 1. The van der Waals surface area contributed by atoms with Crippen molar-refractivity contribution in [2.75, 3.05) is 0 Å². The molecule has 19 heavy (non-hydrogen) atoms. The van der Waals surface area contributed by atoms with Crippen LogP contribution in [0.1, 0.15) is 43.0 Å². The van der Waals surface area contributed by atoms with Crippen LogP contribution in [0.25, 0.3) is 0 Å². The number of carbonyl (C=O) groups is 1. The minimum atomic E-state index is -1.10. The Morgan fingerprint density at radius 3 is 2.68 bits per heavy atom. The summed E-state index contributed by atoms with van der Waals surface area (Å²) in [6.45, 7) is 1.72. The molecule has 1 fully saturated rings. The van der Waals surface area contributed by atoms with Crippen molar-refractivity contribution in [1.29, 1.82) is 0 Å². The van der Waals surface area contributed by atoms with Crippen LogP contribution in [0.15, 0.2) is 18.2 Å². The molecule has 0 bridgehead atoms. The first kappa shape index (κ1) is 13.4. The molecule has 0 radical (unpaired) electrons. The van der Waals surface area contributed by atoms with Gasteiger partial charge in [0.25, 0.3) is 0 Å². The van der Waals surface area contributed by atoms with E-state index in [1.165, 1.54) is 12.1 Å². The van der Waals surface area contributed by atoms with Crippen molar-refractivity contribution in [1.82, 2.24) is 0 Å². The highest BCUT2D eigenvalue weighted by Gasteiger charge is 2.35. The maximum absolute atomic E-state index is 13.7. The summed E-state index contributed by atoms with van der Waals surface area (Å²) in [6.07, 6.45) is 3.44. The molecule has 1 aliphatic carbocycles. The lowest BCUT2D eigenvalue weighted by atomic mass is 10.0. The van der Waals surface area contributed by atoms with Gasteiger partial charge in [-0.05, 0) is 50.8 Å². The molecule has 0 spiro atoms. The van der Waals surface area contributed by atoms with Gasteiger partial charge in [-0.25, -0.2) is 9.18 Å². The summed E-state index contributed by atoms with van der Waals surface area (Å²) in [4.78, 5) is 10.9. The van der Waals surface area contributed by atoms with Crippen LogP contribution in [-0.2, 0) is 0 Å². The van der Waals surface area contributed by atoms with E-state index in [0.717, 1.165) is 31.7 Å². The molecule has 1 aliphatic rings. The second-order valence-electron chi connectivity index (χ2n) is 4.63. The van der Waals surface area contributed by atoms with Crippen LogP contribution >= 0.6 is 0 Å². The molecule has 0 aromatic heterocycles. The molecule has 1 N–H and O–H groups in total. The number of ether oxygens (including phenoxy) is 1. The standard InChI is InChI=1S/C15H15FO3/c1-2-7-15(8-3-4-9-15)19-13-10-11(14(17)18)5-6-12(13)16/h5-6,10H,3-4,8-9H2,1H3,(H,17,18). The third kappa shape index (κ3) is 2.87. The second-order valence-corrected chi connectivity index (χ2v) is 4.63. The van der Waals surface area contributed by atoms with Crippen molar-refractivity contribution in [3.05, 3.63) is 29.6 Å². The van der Waals surface area contributed by atoms with Crippen LogP contribution < -0.4 is 4.74 Å². The van der Waals surface area contributed by atoms with E-state index in [1.54, 1.807) is 6.92 Å². The van der Waals surface area contributed by atoms with Crippen LogP contribution in [0.3, 0.4) is 0 Å². The van der Waals surface area contributed by atoms with Crippen LogP contribution in [0.4, 0.5) is 4.39 Å². The molecule has 0 atom stereocenters. The lowest BCUT2D eigenvalue weighted by molar-refractivity contribution is 0.0694. The summed E-state index contributed by atoms with van der Waals surface area (Å²) in [7, 11) is 0. The quantitative estimate of drug-likeness (QED) is 0.851. The molecule has 100 valence electrons. The van der Waals surface area contributed by atoms with E-state index < -0.39 is 17.4 Å². The molecule has 0 heterocycles. The molecular weight excluding hydrogens is 247 g/mol.